The Morgan fingerprint density at radius 1 is 1.14 bits per heavy atom. The van der Waals surface area contributed by atoms with Crippen molar-refractivity contribution in [3.63, 3.8) is 0 Å². The van der Waals surface area contributed by atoms with Crippen LogP contribution in [0.3, 0.4) is 0 Å². The van der Waals surface area contributed by atoms with Gasteiger partial charge in [0.2, 0.25) is 0 Å². The average Bonchev–Trinajstić information content (AvgIpc) is 3.49. The number of guanidine groups is 1. The number of piperazine rings is 1. The molecule has 6 nitrogen and oxygen atoms in total. The second kappa shape index (κ2) is 10.5. The molecule has 8 heteroatoms. The molecule has 0 spiro atoms. The summed E-state index contributed by atoms with van der Waals surface area (Å²) >= 11 is 1.82. The van der Waals surface area contributed by atoms with Crippen molar-refractivity contribution in [2.24, 2.45) is 4.99 Å². The first kappa shape index (κ1) is 21.4. The highest BCUT2D eigenvalue weighted by molar-refractivity contribution is 14.0. The van der Waals surface area contributed by atoms with Crippen LogP contribution in [0.25, 0.3) is 0 Å². The van der Waals surface area contributed by atoms with Crippen molar-refractivity contribution in [1.82, 2.24) is 15.1 Å². The van der Waals surface area contributed by atoms with Crippen LogP contribution in [0.15, 0.2) is 45.3 Å². The molecule has 0 saturated carbocycles. The highest BCUT2D eigenvalue weighted by atomic mass is 127. The van der Waals surface area contributed by atoms with Crippen molar-refractivity contribution in [1.29, 1.82) is 0 Å². The Hall–Kier alpha value is -1.26. The molecule has 1 N–H and O–H groups in total. The Morgan fingerprint density at radius 2 is 1.93 bits per heavy atom. The van der Waals surface area contributed by atoms with E-state index in [0.717, 1.165) is 57.5 Å². The van der Waals surface area contributed by atoms with Gasteiger partial charge in [-0.05, 0) is 55.6 Å². The molecule has 0 amide bonds. The third-order valence-electron chi connectivity index (χ3n) is 5.52. The number of rotatable bonds is 5. The van der Waals surface area contributed by atoms with E-state index in [4.69, 9.17) is 4.42 Å². The molecular formula is C20H30IN5OS. The lowest BCUT2D eigenvalue weighted by atomic mass is 10.2. The molecule has 1 unspecified atom stereocenters. The van der Waals surface area contributed by atoms with E-state index in [1.165, 1.54) is 17.8 Å². The van der Waals surface area contributed by atoms with Gasteiger partial charge >= 0.3 is 0 Å². The fourth-order valence-corrected chi connectivity index (χ4v) is 4.84. The molecule has 4 rings (SSSR count). The molecule has 1 atom stereocenters. The third kappa shape index (κ3) is 5.01. The van der Waals surface area contributed by atoms with Crippen molar-refractivity contribution in [3.05, 3.63) is 41.7 Å². The summed E-state index contributed by atoms with van der Waals surface area (Å²) in [6.45, 7) is 7.17. The van der Waals surface area contributed by atoms with E-state index in [0.29, 0.717) is 0 Å². The van der Waals surface area contributed by atoms with Crippen LogP contribution < -0.4 is 10.2 Å². The van der Waals surface area contributed by atoms with Crippen LogP contribution in [0, 0.1) is 0 Å². The van der Waals surface area contributed by atoms with E-state index in [1.54, 1.807) is 6.26 Å². The van der Waals surface area contributed by atoms with Gasteiger partial charge in [-0.25, -0.2) is 0 Å². The first-order valence-electron chi connectivity index (χ1n) is 9.86. The van der Waals surface area contributed by atoms with Crippen LogP contribution in [0.2, 0.25) is 0 Å². The molecule has 2 aromatic heterocycles. The molecule has 0 aliphatic carbocycles. The van der Waals surface area contributed by atoms with Gasteiger partial charge in [0.05, 0.1) is 17.3 Å². The maximum absolute atomic E-state index is 5.73. The Balaban J connectivity index is 0.00000225. The number of likely N-dealkylation sites (tertiary alicyclic amines) is 1. The summed E-state index contributed by atoms with van der Waals surface area (Å²) in [6, 6.07) is 8.67. The second-order valence-corrected chi connectivity index (χ2v) is 8.05. The topological polar surface area (TPSA) is 47.3 Å². The normalized spacial score (nSPS) is 19.5. The number of furan rings is 1. The summed E-state index contributed by atoms with van der Waals surface area (Å²) in [7, 11) is 1.88. The molecule has 2 saturated heterocycles. The van der Waals surface area contributed by atoms with Gasteiger partial charge in [-0.3, -0.25) is 9.89 Å². The largest absolute Gasteiger partial charge is 0.468 e. The average molecular weight is 515 g/mol. The van der Waals surface area contributed by atoms with Crippen molar-refractivity contribution in [3.8, 4) is 0 Å². The van der Waals surface area contributed by atoms with E-state index in [2.05, 4.69) is 48.6 Å². The first-order chi connectivity index (χ1) is 13.3. The molecule has 4 heterocycles. The molecule has 28 heavy (non-hydrogen) atoms. The summed E-state index contributed by atoms with van der Waals surface area (Å²) in [4.78, 5) is 11.9. The minimum atomic E-state index is 0. The summed E-state index contributed by atoms with van der Waals surface area (Å²) in [5.41, 5.74) is 0. The van der Waals surface area contributed by atoms with Crippen LogP contribution in [-0.4, -0.2) is 68.6 Å². The molecule has 2 aliphatic heterocycles. The summed E-state index contributed by atoms with van der Waals surface area (Å²) in [6.07, 6.45) is 4.32. The monoisotopic (exact) mass is 515 g/mol. The molecule has 0 radical (unpaired) electrons. The maximum Gasteiger partial charge on any atom is 0.193 e. The van der Waals surface area contributed by atoms with Gasteiger partial charge in [-0.1, -0.05) is 0 Å². The van der Waals surface area contributed by atoms with Crippen LogP contribution >= 0.6 is 35.3 Å². The van der Waals surface area contributed by atoms with Crippen LogP contribution in [0.1, 0.15) is 24.6 Å². The minimum absolute atomic E-state index is 0. The lowest BCUT2D eigenvalue weighted by Crippen LogP contribution is -2.53. The summed E-state index contributed by atoms with van der Waals surface area (Å²) in [5.74, 6) is 2.04. The predicted molar refractivity (Wildman–Crippen MR) is 127 cm³/mol. The number of halogens is 1. The van der Waals surface area contributed by atoms with Gasteiger partial charge in [0.15, 0.2) is 5.96 Å². The van der Waals surface area contributed by atoms with E-state index in [9.17, 15) is 0 Å². The Morgan fingerprint density at radius 3 is 2.54 bits per heavy atom. The van der Waals surface area contributed by atoms with Crippen molar-refractivity contribution >= 4 is 46.3 Å². The van der Waals surface area contributed by atoms with E-state index < -0.39 is 0 Å². The lowest BCUT2D eigenvalue weighted by Gasteiger charge is -2.37. The van der Waals surface area contributed by atoms with Gasteiger partial charge in [0.1, 0.15) is 5.76 Å². The summed E-state index contributed by atoms with van der Waals surface area (Å²) < 4.78 is 5.73. The zero-order valence-electron chi connectivity index (χ0n) is 16.4. The molecule has 0 bridgehead atoms. The fourth-order valence-electron chi connectivity index (χ4n) is 4.05. The molecule has 154 valence electrons. The van der Waals surface area contributed by atoms with Crippen molar-refractivity contribution < 1.29 is 4.42 Å². The van der Waals surface area contributed by atoms with Gasteiger partial charge in [0.25, 0.3) is 0 Å². The number of hydrogen-bond acceptors (Lipinski definition) is 5. The minimum Gasteiger partial charge on any atom is -0.468 e. The maximum atomic E-state index is 5.73. The Labute approximate surface area is 188 Å². The van der Waals surface area contributed by atoms with Crippen LogP contribution in [0.4, 0.5) is 5.00 Å². The highest BCUT2D eigenvalue weighted by Crippen LogP contribution is 2.25. The number of nitrogens with one attached hydrogen (secondary N) is 1. The highest BCUT2D eigenvalue weighted by Gasteiger charge is 2.27. The van der Waals surface area contributed by atoms with Gasteiger partial charge in [0, 0.05) is 39.8 Å². The number of anilines is 1. The van der Waals surface area contributed by atoms with E-state index >= 15 is 0 Å². The molecule has 2 fully saturated rings. The Bertz CT molecular complexity index is 707. The van der Waals surface area contributed by atoms with Crippen molar-refractivity contribution in [2.75, 3.05) is 57.8 Å². The lowest BCUT2D eigenvalue weighted by molar-refractivity contribution is 0.213. The Kier molecular flexibility index (Phi) is 8.04. The van der Waals surface area contributed by atoms with E-state index in [1.807, 2.05) is 24.5 Å². The number of hydrogen-bond donors (Lipinski definition) is 1. The first-order valence-corrected chi connectivity index (χ1v) is 10.7. The SMILES string of the molecule is CN=C(NCC(c1ccco1)N1CCCC1)N1CCN(c2cccs2)CC1.I. The zero-order valence-corrected chi connectivity index (χ0v) is 19.6. The van der Waals surface area contributed by atoms with Gasteiger partial charge in [-0.15, -0.1) is 35.3 Å². The zero-order chi connectivity index (χ0) is 18.5. The molecular weight excluding hydrogens is 485 g/mol. The number of aliphatic imine (C=N–C) groups is 1. The standard InChI is InChI=1S/C20H29N5OS.HI/c1-21-20(25-12-10-24(11-13-25)19-7-5-15-27-19)22-16-17(18-6-4-14-26-18)23-8-2-3-9-23;/h4-7,14-15,17H,2-3,8-13,16H2,1H3,(H,21,22);1H. The van der Waals surface area contributed by atoms with Gasteiger partial charge in [-0.2, -0.15) is 0 Å². The van der Waals surface area contributed by atoms with Crippen LogP contribution in [-0.2, 0) is 0 Å². The van der Waals surface area contributed by atoms with Crippen molar-refractivity contribution in [2.45, 2.75) is 18.9 Å². The molecule has 2 aromatic rings. The number of thiophene rings is 1. The summed E-state index contributed by atoms with van der Waals surface area (Å²) in [5, 5.41) is 7.13. The fraction of sp³-hybridized carbons (Fsp3) is 0.550. The number of nitrogens with zero attached hydrogens (tertiary/aromatic N) is 4. The smallest absolute Gasteiger partial charge is 0.193 e. The molecule has 2 aliphatic rings. The quantitative estimate of drug-likeness (QED) is 0.376. The predicted octanol–water partition coefficient (Wildman–Crippen LogP) is 3.49. The van der Waals surface area contributed by atoms with E-state index in [-0.39, 0.29) is 30.0 Å². The third-order valence-corrected chi connectivity index (χ3v) is 6.44. The molecule has 0 aromatic carbocycles. The second-order valence-electron chi connectivity index (χ2n) is 7.13. The van der Waals surface area contributed by atoms with Crippen LogP contribution in [0.5, 0.6) is 0 Å². The van der Waals surface area contributed by atoms with Gasteiger partial charge < -0.3 is 19.5 Å².